The molecule has 0 aliphatic carbocycles. The van der Waals surface area contributed by atoms with E-state index in [1.54, 1.807) is 24.3 Å². The normalized spacial score (nSPS) is 21.8. The van der Waals surface area contributed by atoms with Crippen molar-refractivity contribution in [2.45, 2.75) is 18.2 Å². The summed E-state index contributed by atoms with van der Waals surface area (Å²) in [6.07, 6.45) is -1.59. The topological polar surface area (TPSA) is 107 Å². The summed E-state index contributed by atoms with van der Waals surface area (Å²) in [6, 6.07) is 8.86. The van der Waals surface area contributed by atoms with Gasteiger partial charge >= 0.3 is 0 Å². The Labute approximate surface area is 189 Å². The smallest absolute Gasteiger partial charge is 0.246 e. The zero-order valence-corrected chi connectivity index (χ0v) is 17.8. The van der Waals surface area contributed by atoms with Crippen LogP contribution >= 0.6 is 0 Å². The molecule has 2 aliphatic heterocycles. The fourth-order valence-corrected chi connectivity index (χ4v) is 3.78. The van der Waals surface area contributed by atoms with Crippen LogP contribution in [0.3, 0.4) is 0 Å². The van der Waals surface area contributed by atoms with Crippen molar-refractivity contribution in [3.05, 3.63) is 65.2 Å². The van der Waals surface area contributed by atoms with E-state index in [9.17, 15) is 18.7 Å². The first kappa shape index (κ1) is 23.1. The Bertz CT molecular complexity index is 991. The lowest BCUT2D eigenvalue weighted by molar-refractivity contribution is -0.120. The van der Waals surface area contributed by atoms with Crippen molar-refractivity contribution < 1.29 is 32.9 Å². The van der Waals surface area contributed by atoms with Crippen LogP contribution in [0.4, 0.5) is 8.78 Å². The summed E-state index contributed by atoms with van der Waals surface area (Å²) in [7, 11) is 0. The fourth-order valence-electron chi connectivity index (χ4n) is 3.78. The molecule has 2 aromatic carbocycles. The van der Waals surface area contributed by atoms with Gasteiger partial charge < -0.3 is 25.1 Å². The predicted octanol–water partition coefficient (Wildman–Crippen LogP) is 1.41. The average Bonchev–Trinajstić information content (AvgIpc) is 3.24. The molecule has 0 bridgehead atoms. The molecule has 8 nitrogen and oxygen atoms in total. The van der Waals surface area contributed by atoms with Crippen molar-refractivity contribution in [2.75, 3.05) is 39.5 Å². The van der Waals surface area contributed by atoms with Gasteiger partial charge in [-0.05, 0) is 29.8 Å². The number of nitrogens with zero attached hydrogens (tertiary/aromatic N) is 2. The maximum absolute atomic E-state index is 14.1. The van der Waals surface area contributed by atoms with Gasteiger partial charge in [-0.1, -0.05) is 18.2 Å². The molecule has 1 fully saturated rings. The maximum atomic E-state index is 14.1. The van der Waals surface area contributed by atoms with Crippen LogP contribution in [0.1, 0.15) is 17.2 Å². The van der Waals surface area contributed by atoms with E-state index in [0.29, 0.717) is 31.1 Å². The van der Waals surface area contributed by atoms with Crippen LogP contribution < -0.4 is 10.5 Å². The number of morpholine rings is 1. The Balaban J connectivity index is 1.40. The standard InChI is InChI=1S/C23H25F2N3O5/c24-17-2-1-3-18(25)19(17)23-27-20(22(26)30)21(33-23)14-4-6-16(7-5-14)32-13-15(29)12-28-8-10-31-11-9-28/h1-7,15,20-21,29H,8-13H2,(H2,26,30). The van der Waals surface area contributed by atoms with Crippen LogP contribution in [0.2, 0.25) is 0 Å². The van der Waals surface area contributed by atoms with Crippen molar-refractivity contribution in [1.29, 1.82) is 0 Å². The molecule has 0 saturated carbocycles. The molecule has 33 heavy (non-hydrogen) atoms. The third-order valence-corrected chi connectivity index (χ3v) is 5.47. The van der Waals surface area contributed by atoms with Gasteiger partial charge in [0.05, 0.1) is 13.2 Å². The van der Waals surface area contributed by atoms with Gasteiger partial charge in [0, 0.05) is 19.6 Å². The van der Waals surface area contributed by atoms with Gasteiger partial charge in [-0.25, -0.2) is 13.8 Å². The number of β-amino-alcohol motifs (C(OH)–C–C–N with tert-alkyl or cyclic N) is 1. The first-order valence-electron chi connectivity index (χ1n) is 10.6. The highest BCUT2D eigenvalue weighted by atomic mass is 19.1. The van der Waals surface area contributed by atoms with Crippen LogP contribution in [0, 0.1) is 11.6 Å². The molecular formula is C23H25F2N3O5. The number of hydrogen-bond donors (Lipinski definition) is 2. The summed E-state index contributed by atoms with van der Waals surface area (Å²) in [6.45, 7) is 3.45. The number of primary amides is 1. The Morgan fingerprint density at radius 1 is 1.18 bits per heavy atom. The lowest BCUT2D eigenvalue weighted by atomic mass is 10.0. The molecule has 3 atom stereocenters. The van der Waals surface area contributed by atoms with Crippen LogP contribution in [-0.2, 0) is 14.3 Å². The van der Waals surface area contributed by atoms with Gasteiger partial charge in [0.1, 0.15) is 35.7 Å². The monoisotopic (exact) mass is 461 g/mol. The quantitative estimate of drug-likeness (QED) is 0.616. The molecule has 2 aliphatic rings. The van der Waals surface area contributed by atoms with E-state index in [1.165, 1.54) is 6.07 Å². The number of amides is 1. The number of carbonyl (C=O) groups excluding carboxylic acids is 1. The highest BCUT2D eigenvalue weighted by molar-refractivity contribution is 5.99. The Morgan fingerprint density at radius 2 is 1.85 bits per heavy atom. The number of ether oxygens (including phenoxy) is 3. The Morgan fingerprint density at radius 3 is 2.48 bits per heavy atom. The molecule has 176 valence electrons. The summed E-state index contributed by atoms with van der Waals surface area (Å²) in [5, 5.41) is 10.2. The number of halogens is 2. The van der Waals surface area contributed by atoms with Gasteiger partial charge in [-0.15, -0.1) is 0 Å². The van der Waals surface area contributed by atoms with E-state index >= 15 is 0 Å². The molecule has 3 unspecified atom stereocenters. The second kappa shape index (κ2) is 10.2. The number of aliphatic hydroxyl groups excluding tert-OH is 1. The molecule has 10 heteroatoms. The third kappa shape index (κ3) is 5.47. The second-order valence-corrected chi connectivity index (χ2v) is 7.86. The Kier molecular flexibility index (Phi) is 7.17. The predicted molar refractivity (Wildman–Crippen MR) is 115 cm³/mol. The van der Waals surface area contributed by atoms with E-state index in [2.05, 4.69) is 9.89 Å². The molecule has 2 aromatic rings. The molecular weight excluding hydrogens is 436 g/mol. The van der Waals surface area contributed by atoms with E-state index in [1.807, 2.05) is 0 Å². The highest BCUT2D eigenvalue weighted by Gasteiger charge is 2.38. The van der Waals surface area contributed by atoms with Crippen molar-refractivity contribution >= 4 is 11.8 Å². The zero-order chi connectivity index (χ0) is 23.4. The first-order chi connectivity index (χ1) is 15.9. The molecule has 1 saturated heterocycles. The van der Waals surface area contributed by atoms with Gasteiger partial charge in [0.2, 0.25) is 11.8 Å². The van der Waals surface area contributed by atoms with Crippen LogP contribution in [0.5, 0.6) is 5.75 Å². The van der Waals surface area contributed by atoms with E-state index in [4.69, 9.17) is 19.9 Å². The molecule has 0 radical (unpaired) electrons. The number of benzene rings is 2. The van der Waals surface area contributed by atoms with Crippen molar-refractivity contribution in [3.63, 3.8) is 0 Å². The van der Waals surface area contributed by atoms with Crippen molar-refractivity contribution in [1.82, 2.24) is 4.90 Å². The van der Waals surface area contributed by atoms with Gasteiger partial charge in [-0.2, -0.15) is 0 Å². The average molecular weight is 461 g/mol. The minimum Gasteiger partial charge on any atom is -0.491 e. The van der Waals surface area contributed by atoms with Gasteiger partial charge in [-0.3, -0.25) is 9.69 Å². The number of hydrogen-bond acceptors (Lipinski definition) is 7. The summed E-state index contributed by atoms with van der Waals surface area (Å²) < 4.78 is 44.9. The number of rotatable bonds is 8. The Hall–Kier alpha value is -3.08. The molecule has 2 heterocycles. The van der Waals surface area contributed by atoms with Gasteiger partial charge in [0.15, 0.2) is 12.1 Å². The minimum atomic E-state index is -1.14. The summed E-state index contributed by atoms with van der Waals surface area (Å²) in [5.41, 5.74) is 5.55. The number of carbonyl (C=O) groups is 1. The summed E-state index contributed by atoms with van der Waals surface area (Å²) >= 11 is 0. The van der Waals surface area contributed by atoms with Crippen LogP contribution in [0.15, 0.2) is 47.5 Å². The minimum absolute atomic E-state index is 0.111. The molecule has 1 amide bonds. The van der Waals surface area contributed by atoms with Crippen LogP contribution in [0.25, 0.3) is 0 Å². The molecule has 0 aromatic heterocycles. The lowest BCUT2D eigenvalue weighted by Crippen LogP contribution is -2.42. The molecule has 3 N–H and O–H groups in total. The molecule has 0 spiro atoms. The highest BCUT2D eigenvalue weighted by Crippen LogP contribution is 2.33. The fraction of sp³-hybridized carbons (Fsp3) is 0.391. The second-order valence-electron chi connectivity index (χ2n) is 7.86. The number of aliphatic hydroxyl groups is 1. The first-order valence-corrected chi connectivity index (χ1v) is 10.6. The zero-order valence-electron chi connectivity index (χ0n) is 17.8. The third-order valence-electron chi connectivity index (χ3n) is 5.47. The lowest BCUT2D eigenvalue weighted by Gasteiger charge is -2.28. The van der Waals surface area contributed by atoms with E-state index in [0.717, 1.165) is 25.2 Å². The van der Waals surface area contributed by atoms with Crippen molar-refractivity contribution in [3.8, 4) is 5.75 Å². The summed E-state index contributed by atoms with van der Waals surface area (Å²) in [5.74, 6) is -2.28. The summed E-state index contributed by atoms with van der Waals surface area (Å²) in [4.78, 5) is 18.1. The molecule has 4 rings (SSSR count). The SMILES string of the molecule is NC(=O)C1N=C(c2c(F)cccc2F)OC1c1ccc(OCC(O)CN2CCOCC2)cc1. The van der Waals surface area contributed by atoms with Crippen molar-refractivity contribution in [2.24, 2.45) is 10.7 Å². The van der Waals surface area contributed by atoms with Gasteiger partial charge in [0.25, 0.3) is 0 Å². The van der Waals surface area contributed by atoms with E-state index < -0.39 is 41.4 Å². The maximum Gasteiger partial charge on any atom is 0.246 e. The van der Waals surface area contributed by atoms with Crippen LogP contribution in [-0.4, -0.2) is 73.4 Å². The number of nitrogens with two attached hydrogens (primary N) is 1. The largest absolute Gasteiger partial charge is 0.491 e. The number of aliphatic imine (C=N–C) groups is 1. The van der Waals surface area contributed by atoms with E-state index in [-0.39, 0.29) is 12.5 Å².